The molecule has 3 rings (SSSR count). The van der Waals surface area contributed by atoms with Crippen LogP contribution in [0.4, 0.5) is 0 Å². The van der Waals surface area contributed by atoms with Crippen LogP contribution < -0.4 is 5.46 Å². The van der Waals surface area contributed by atoms with Gasteiger partial charge in [0, 0.05) is 34.1 Å². The Morgan fingerprint density at radius 1 is 0.718 bits per heavy atom. The van der Waals surface area contributed by atoms with Crippen LogP contribution in [0, 0.1) is 0 Å². The van der Waals surface area contributed by atoms with Crippen molar-refractivity contribution in [3.63, 3.8) is 0 Å². The van der Waals surface area contributed by atoms with E-state index in [1.165, 1.54) is 27.7 Å². The molecule has 0 unspecified atom stereocenters. The van der Waals surface area contributed by atoms with Gasteiger partial charge in [-0.2, -0.15) is 0 Å². The molecule has 2 fully saturated rings. The van der Waals surface area contributed by atoms with E-state index in [0.29, 0.717) is 0 Å². The first-order valence-corrected chi connectivity index (χ1v) is 12.8. The summed E-state index contributed by atoms with van der Waals surface area (Å²) in [5.74, 6) is -2.55. The van der Waals surface area contributed by atoms with Gasteiger partial charge in [0.2, 0.25) is 0 Å². The molecule has 11 nitrogen and oxygen atoms in total. The van der Waals surface area contributed by atoms with E-state index in [-0.39, 0.29) is 13.0 Å². The van der Waals surface area contributed by atoms with E-state index in [4.69, 9.17) is 33.0 Å². The summed E-state index contributed by atoms with van der Waals surface area (Å²) in [6.45, 7) is 12.5. The molecule has 0 saturated carbocycles. The lowest BCUT2D eigenvalue weighted by molar-refractivity contribution is -0.252. The maximum atomic E-state index is 12.0. The molecule has 5 atom stereocenters. The van der Waals surface area contributed by atoms with E-state index in [0.717, 1.165) is 11.0 Å². The summed E-state index contributed by atoms with van der Waals surface area (Å²) in [6, 6.07) is 7.49. The molecule has 2 heterocycles. The van der Waals surface area contributed by atoms with E-state index >= 15 is 0 Å². The van der Waals surface area contributed by atoms with Gasteiger partial charge in [-0.25, -0.2) is 0 Å². The average Bonchev–Trinajstić information content (AvgIpc) is 3.02. The van der Waals surface area contributed by atoms with Crippen LogP contribution in [0.3, 0.4) is 0 Å². The first kappa shape index (κ1) is 30.6. The minimum Gasteiger partial charge on any atom is -0.463 e. The Bertz CT molecular complexity index is 1050. The predicted molar refractivity (Wildman–Crippen MR) is 138 cm³/mol. The normalized spacial score (nSPS) is 27.4. The van der Waals surface area contributed by atoms with E-state index in [1.54, 1.807) is 0 Å². The van der Waals surface area contributed by atoms with Crippen LogP contribution in [-0.4, -0.2) is 79.3 Å². The van der Waals surface area contributed by atoms with Crippen molar-refractivity contribution in [2.75, 3.05) is 6.61 Å². The van der Waals surface area contributed by atoms with Gasteiger partial charge in [0.25, 0.3) is 0 Å². The Morgan fingerprint density at radius 3 is 1.64 bits per heavy atom. The van der Waals surface area contributed by atoms with E-state index in [9.17, 15) is 19.2 Å². The molecule has 0 radical (unpaired) electrons. The van der Waals surface area contributed by atoms with Crippen LogP contribution in [0.1, 0.15) is 61.0 Å². The monoisotopic (exact) mass is 548 g/mol. The summed E-state index contributed by atoms with van der Waals surface area (Å²) in [6.07, 6.45) is -5.05. The Hall–Kier alpha value is -2.96. The SMILES string of the molecule is CC(=O)OC[C@H]1O[C@H](Cc2ccc(B3OC(C)(C)C(C)(C)O3)cc2)[C@@H](OC(C)=O)[C@H](OC(C)=O)[C@@H]1OC(C)=O. The van der Waals surface area contributed by atoms with Crippen LogP contribution in [0.5, 0.6) is 0 Å². The Morgan fingerprint density at radius 2 is 1.18 bits per heavy atom. The maximum Gasteiger partial charge on any atom is 0.494 e. The number of ether oxygens (including phenoxy) is 5. The molecule has 0 N–H and O–H groups in total. The lowest BCUT2D eigenvalue weighted by atomic mass is 9.78. The third kappa shape index (κ3) is 7.58. The molecule has 0 amide bonds. The zero-order valence-corrected chi connectivity index (χ0v) is 23.7. The minimum absolute atomic E-state index is 0.239. The summed E-state index contributed by atoms with van der Waals surface area (Å²) < 4.78 is 40.0. The summed E-state index contributed by atoms with van der Waals surface area (Å²) in [5, 5.41) is 0. The Balaban J connectivity index is 1.89. The summed E-state index contributed by atoms with van der Waals surface area (Å²) in [4.78, 5) is 47.5. The van der Waals surface area contributed by atoms with Crippen molar-refractivity contribution in [3.05, 3.63) is 29.8 Å². The van der Waals surface area contributed by atoms with Gasteiger partial charge >= 0.3 is 31.0 Å². The van der Waals surface area contributed by atoms with Crippen molar-refractivity contribution in [1.82, 2.24) is 0 Å². The first-order chi connectivity index (χ1) is 18.1. The molecule has 2 saturated heterocycles. The second kappa shape index (κ2) is 12.1. The zero-order valence-electron chi connectivity index (χ0n) is 23.7. The third-order valence-electron chi connectivity index (χ3n) is 7.03. The first-order valence-electron chi connectivity index (χ1n) is 12.8. The highest BCUT2D eigenvalue weighted by atomic mass is 16.7. The molecule has 1 aromatic rings. The third-order valence-corrected chi connectivity index (χ3v) is 7.03. The van der Waals surface area contributed by atoms with Crippen LogP contribution in [0.25, 0.3) is 0 Å². The van der Waals surface area contributed by atoms with Gasteiger partial charge in [0.1, 0.15) is 18.8 Å². The topological polar surface area (TPSA) is 133 Å². The van der Waals surface area contributed by atoms with Gasteiger partial charge in [0.05, 0.1) is 11.2 Å². The highest BCUT2D eigenvalue weighted by Gasteiger charge is 2.53. The van der Waals surface area contributed by atoms with Gasteiger partial charge in [-0.15, -0.1) is 0 Å². The van der Waals surface area contributed by atoms with Crippen LogP contribution in [0.2, 0.25) is 0 Å². The second-order valence-corrected chi connectivity index (χ2v) is 10.8. The smallest absolute Gasteiger partial charge is 0.463 e. The van der Waals surface area contributed by atoms with Crippen molar-refractivity contribution in [2.45, 2.75) is 104 Å². The van der Waals surface area contributed by atoms with Crippen molar-refractivity contribution >= 4 is 36.5 Å². The van der Waals surface area contributed by atoms with Gasteiger partial charge < -0.3 is 33.0 Å². The number of hydrogen-bond acceptors (Lipinski definition) is 11. The molecule has 0 aromatic heterocycles. The van der Waals surface area contributed by atoms with Crippen LogP contribution in [0.15, 0.2) is 24.3 Å². The van der Waals surface area contributed by atoms with Crippen LogP contribution in [-0.2, 0) is 58.6 Å². The van der Waals surface area contributed by atoms with Crippen molar-refractivity contribution < 1.29 is 52.2 Å². The molecule has 214 valence electrons. The molecule has 39 heavy (non-hydrogen) atoms. The molecular formula is C27H37BO11. The predicted octanol–water partition coefficient (Wildman–Crippen LogP) is 1.65. The standard InChI is InChI=1S/C27H37BO11/c1-15(29)33-14-22-24(35-17(3)31)25(36-18(4)32)23(34-16(2)30)21(37-22)13-19-9-11-20(12-10-19)28-38-26(5,6)27(7,8)39-28/h9-12,21-25H,13-14H2,1-8H3/t21-,22-,23-,24-,25+/m1/s1. The number of esters is 4. The lowest BCUT2D eigenvalue weighted by Gasteiger charge is -2.44. The van der Waals surface area contributed by atoms with Gasteiger partial charge in [-0.3, -0.25) is 19.2 Å². The molecule has 12 heteroatoms. The van der Waals surface area contributed by atoms with E-state index in [1.807, 2.05) is 52.0 Å². The molecular weight excluding hydrogens is 511 g/mol. The minimum atomic E-state index is -1.20. The Labute approximate surface area is 228 Å². The fourth-order valence-corrected chi connectivity index (χ4v) is 4.50. The summed E-state index contributed by atoms with van der Waals surface area (Å²) >= 11 is 0. The summed E-state index contributed by atoms with van der Waals surface area (Å²) in [7, 11) is -0.533. The number of rotatable bonds is 8. The highest BCUT2D eigenvalue weighted by Crippen LogP contribution is 2.36. The molecule has 2 aliphatic rings. The number of carbonyl (C=O) groups excluding carboxylic acids is 4. The maximum absolute atomic E-state index is 12.0. The molecule has 2 aliphatic heterocycles. The number of carbonyl (C=O) groups is 4. The van der Waals surface area contributed by atoms with E-state index in [2.05, 4.69) is 0 Å². The molecule has 0 spiro atoms. The Kier molecular flexibility index (Phi) is 9.45. The quantitative estimate of drug-likeness (QED) is 0.267. The van der Waals surface area contributed by atoms with Gasteiger partial charge in [0.15, 0.2) is 18.3 Å². The number of benzene rings is 1. The fourth-order valence-electron chi connectivity index (χ4n) is 4.50. The molecule has 0 aliphatic carbocycles. The van der Waals surface area contributed by atoms with Gasteiger partial charge in [-0.05, 0) is 38.7 Å². The lowest BCUT2D eigenvalue weighted by Crippen LogP contribution is -2.62. The van der Waals surface area contributed by atoms with Crippen molar-refractivity contribution in [2.24, 2.45) is 0 Å². The van der Waals surface area contributed by atoms with Gasteiger partial charge in [-0.1, -0.05) is 24.3 Å². The molecule has 0 bridgehead atoms. The van der Waals surface area contributed by atoms with E-state index < -0.39 is 72.7 Å². The van der Waals surface area contributed by atoms with Crippen molar-refractivity contribution in [1.29, 1.82) is 0 Å². The zero-order chi connectivity index (χ0) is 29.1. The largest absolute Gasteiger partial charge is 0.494 e. The number of hydrogen-bond donors (Lipinski definition) is 0. The van der Waals surface area contributed by atoms with Crippen LogP contribution >= 0.6 is 0 Å². The second-order valence-electron chi connectivity index (χ2n) is 10.8. The fraction of sp³-hybridized carbons (Fsp3) is 0.630. The molecule has 1 aromatic carbocycles. The van der Waals surface area contributed by atoms with Crippen molar-refractivity contribution in [3.8, 4) is 0 Å². The average molecular weight is 548 g/mol. The summed E-state index contributed by atoms with van der Waals surface area (Å²) in [5.41, 5.74) is 0.685. The highest BCUT2D eigenvalue weighted by molar-refractivity contribution is 6.62.